The summed E-state index contributed by atoms with van der Waals surface area (Å²) >= 11 is 1.45. The molecule has 0 aliphatic rings. The second-order valence-electron chi connectivity index (χ2n) is 6.25. The number of aryl methyl sites for hydroxylation is 1. The van der Waals surface area contributed by atoms with E-state index >= 15 is 0 Å². The number of rotatable bonds is 7. The van der Waals surface area contributed by atoms with Crippen LogP contribution in [-0.2, 0) is 11.2 Å². The summed E-state index contributed by atoms with van der Waals surface area (Å²) in [5.74, 6) is 0.373. The minimum absolute atomic E-state index is 0.0284. The molecule has 0 unspecified atom stereocenters. The first-order valence-corrected chi connectivity index (χ1v) is 9.95. The van der Waals surface area contributed by atoms with Crippen molar-refractivity contribution < 1.29 is 4.79 Å². The highest BCUT2D eigenvalue weighted by Crippen LogP contribution is 2.25. The van der Waals surface area contributed by atoms with Crippen molar-refractivity contribution in [3.05, 3.63) is 72.6 Å². The monoisotopic (exact) mass is 376 g/mol. The number of nitrogens with one attached hydrogen (secondary N) is 1. The lowest BCUT2D eigenvalue weighted by Crippen LogP contribution is -2.26. The summed E-state index contributed by atoms with van der Waals surface area (Å²) in [7, 11) is 0. The third-order valence-electron chi connectivity index (χ3n) is 4.35. The molecule has 3 aromatic heterocycles. The number of benzene rings is 1. The second-order valence-corrected chi connectivity index (χ2v) is 7.22. The molecule has 0 aliphatic carbocycles. The third-order valence-corrected chi connectivity index (χ3v) is 5.33. The lowest BCUT2D eigenvalue weighted by molar-refractivity contribution is -0.118. The van der Waals surface area contributed by atoms with Gasteiger partial charge in [-0.3, -0.25) is 4.79 Å². The molecule has 1 N–H and O–H groups in total. The molecule has 0 saturated heterocycles. The number of hydrogen-bond donors (Lipinski definition) is 1. The number of nitrogens with zero attached hydrogens (tertiary/aromatic N) is 3. The topological polar surface area (TPSA) is 59.3 Å². The molecule has 0 aliphatic heterocycles. The Morgan fingerprint density at radius 3 is 2.78 bits per heavy atom. The molecule has 3 heterocycles. The molecular weight excluding hydrogens is 356 g/mol. The van der Waals surface area contributed by atoms with Crippen molar-refractivity contribution in [2.24, 2.45) is 0 Å². The van der Waals surface area contributed by atoms with Gasteiger partial charge in [0, 0.05) is 18.9 Å². The molecule has 5 nitrogen and oxygen atoms in total. The Labute approximate surface area is 161 Å². The summed E-state index contributed by atoms with van der Waals surface area (Å²) in [6, 6.07) is 18.2. The molecule has 0 saturated carbocycles. The zero-order valence-corrected chi connectivity index (χ0v) is 15.7. The number of carbonyl (C=O) groups is 1. The maximum atomic E-state index is 12.2. The van der Waals surface area contributed by atoms with Crippen molar-refractivity contribution in [1.29, 1.82) is 0 Å². The number of carbonyl (C=O) groups excluding carboxylic acids is 1. The van der Waals surface area contributed by atoms with Crippen LogP contribution in [0.3, 0.4) is 0 Å². The van der Waals surface area contributed by atoms with Crippen LogP contribution in [0.4, 0.5) is 0 Å². The molecule has 6 heteroatoms. The smallest absolute Gasteiger partial charge is 0.230 e. The van der Waals surface area contributed by atoms with Crippen LogP contribution < -0.4 is 5.32 Å². The summed E-state index contributed by atoms with van der Waals surface area (Å²) < 4.78 is 2.06. The molecule has 4 rings (SSSR count). The molecule has 0 atom stereocenters. The first kappa shape index (κ1) is 17.5. The summed E-state index contributed by atoms with van der Waals surface area (Å²) in [5, 5.41) is 3.82. The van der Waals surface area contributed by atoms with Crippen molar-refractivity contribution >= 4 is 34.3 Å². The fourth-order valence-corrected chi connectivity index (χ4v) is 3.87. The second kappa shape index (κ2) is 8.22. The van der Waals surface area contributed by atoms with Gasteiger partial charge in [-0.05, 0) is 42.7 Å². The number of amides is 1. The fourth-order valence-electron chi connectivity index (χ4n) is 3.04. The molecule has 0 spiro atoms. The molecule has 1 amide bonds. The first-order valence-electron chi connectivity index (χ1n) is 8.96. The lowest BCUT2D eigenvalue weighted by Gasteiger charge is -2.08. The third kappa shape index (κ3) is 4.11. The predicted octanol–water partition coefficient (Wildman–Crippen LogP) is 3.72. The van der Waals surface area contributed by atoms with Crippen LogP contribution in [0, 0.1) is 0 Å². The maximum Gasteiger partial charge on any atom is 0.230 e. The van der Waals surface area contributed by atoms with Gasteiger partial charge in [-0.15, -0.1) is 0 Å². The van der Waals surface area contributed by atoms with Crippen LogP contribution >= 0.6 is 11.8 Å². The minimum Gasteiger partial charge on any atom is -0.355 e. The van der Waals surface area contributed by atoms with E-state index in [9.17, 15) is 4.79 Å². The molecule has 1 aromatic carbocycles. The highest BCUT2D eigenvalue weighted by molar-refractivity contribution is 8.00. The quantitative estimate of drug-likeness (QED) is 0.394. The molecule has 0 fully saturated rings. The SMILES string of the molecule is O=C(CSc1nc2ncccc2n2cccc12)NCCCc1ccccc1. The van der Waals surface area contributed by atoms with Gasteiger partial charge in [-0.25, -0.2) is 9.97 Å². The molecule has 0 bridgehead atoms. The van der Waals surface area contributed by atoms with Crippen LogP contribution in [-0.4, -0.2) is 32.6 Å². The van der Waals surface area contributed by atoms with E-state index in [0.717, 1.165) is 28.9 Å². The predicted molar refractivity (Wildman–Crippen MR) is 109 cm³/mol. The average Bonchev–Trinajstić information content (AvgIpc) is 3.21. The Hall–Kier alpha value is -2.86. The fraction of sp³-hybridized carbons (Fsp3) is 0.190. The van der Waals surface area contributed by atoms with E-state index < -0.39 is 0 Å². The van der Waals surface area contributed by atoms with E-state index in [2.05, 4.69) is 31.8 Å². The first-order chi connectivity index (χ1) is 13.3. The van der Waals surface area contributed by atoms with E-state index in [0.29, 0.717) is 17.9 Å². The Balaban J connectivity index is 1.34. The zero-order valence-electron chi connectivity index (χ0n) is 14.8. The molecular formula is C21H20N4OS. The van der Waals surface area contributed by atoms with Gasteiger partial charge >= 0.3 is 0 Å². The standard InChI is InChI=1S/C21H20N4OS/c26-19(22-12-4-9-16-7-2-1-3-8-16)15-27-21-18-11-6-14-25(18)17-10-5-13-23-20(17)24-21/h1-3,5-8,10-11,13-14H,4,9,12,15H2,(H,22,26). The van der Waals surface area contributed by atoms with Crippen molar-refractivity contribution in [2.45, 2.75) is 17.9 Å². The molecule has 136 valence electrons. The van der Waals surface area contributed by atoms with E-state index in [4.69, 9.17) is 0 Å². The van der Waals surface area contributed by atoms with Crippen LogP contribution in [0.25, 0.3) is 16.7 Å². The van der Waals surface area contributed by atoms with Crippen molar-refractivity contribution in [1.82, 2.24) is 19.7 Å². The Morgan fingerprint density at radius 2 is 1.89 bits per heavy atom. The number of aromatic nitrogens is 3. The maximum absolute atomic E-state index is 12.2. The Bertz CT molecular complexity index is 1060. The Kier molecular flexibility index (Phi) is 5.34. The molecule has 0 radical (unpaired) electrons. The minimum atomic E-state index is 0.0284. The lowest BCUT2D eigenvalue weighted by atomic mass is 10.1. The largest absolute Gasteiger partial charge is 0.355 e. The summed E-state index contributed by atoms with van der Waals surface area (Å²) in [6.07, 6.45) is 5.63. The van der Waals surface area contributed by atoms with Gasteiger partial charge in [0.05, 0.1) is 16.8 Å². The van der Waals surface area contributed by atoms with Crippen LogP contribution in [0.5, 0.6) is 0 Å². The van der Waals surface area contributed by atoms with Crippen molar-refractivity contribution in [2.75, 3.05) is 12.3 Å². The highest BCUT2D eigenvalue weighted by atomic mass is 32.2. The van der Waals surface area contributed by atoms with Crippen LogP contribution in [0.15, 0.2) is 72.0 Å². The summed E-state index contributed by atoms with van der Waals surface area (Å²) in [4.78, 5) is 21.2. The van der Waals surface area contributed by atoms with E-state index in [1.165, 1.54) is 17.3 Å². The number of thioether (sulfide) groups is 1. The normalized spacial score (nSPS) is 11.1. The van der Waals surface area contributed by atoms with Gasteiger partial charge in [0.15, 0.2) is 5.65 Å². The van der Waals surface area contributed by atoms with Gasteiger partial charge in [-0.2, -0.15) is 0 Å². The van der Waals surface area contributed by atoms with Gasteiger partial charge in [0.2, 0.25) is 5.91 Å². The summed E-state index contributed by atoms with van der Waals surface area (Å²) in [6.45, 7) is 0.682. The number of hydrogen-bond acceptors (Lipinski definition) is 4. The van der Waals surface area contributed by atoms with Gasteiger partial charge in [-0.1, -0.05) is 42.1 Å². The van der Waals surface area contributed by atoms with Gasteiger partial charge in [0.25, 0.3) is 0 Å². The number of fused-ring (bicyclic) bond motifs is 3. The summed E-state index contributed by atoms with van der Waals surface area (Å²) in [5.41, 5.74) is 3.95. The Morgan fingerprint density at radius 1 is 1.04 bits per heavy atom. The van der Waals surface area contributed by atoms with Gasteiger partial charge < -0.3 is 9.72 Å². The average molecular weight is 376 g/mol. The molecule has 27 heavy (non-hydrogen) atoms. The highest BCUT2D eigenvalue weighted by Gasteiger charge is 2.11. The van der Waals surface area contributed by atoms with Crippen LogP contribution in [0.1, 0.15) is 12.0 Å². The van der Waals surface area contributed by atoms with E-state index in [-0.39, 0.29) is 5.91 Å². The molecule has 4 aromatic rings. The zero-order chi connectivity index (χ0) is 18.5. The van der Waals surface area contributed by atoms with Crippen LogP contribution in [0.2, 0.25) is 0 Å². The van der Waals surface area contributed by atoms with Crippen molar-refractivity contribution in [3.8, 4) is 0 Å². The van der Waals surface area contributed by atoms with Gasteiger partial charge in [0.1, 0.15) is 5.03 Å². The van der Waals surface area contributed by atoms with E-state index in [1.807, 2.05) is 48.7 Å². The number of pyridine rings is 1. The van der Waals surface area contributed by atoms with E-state index in [1.54, 1.807) is 6.20 Å². The van der Waals surface area contributed by atoms with Crippen molar-refractivity contribution in [3.63, 3.8) is 0 Å².